The van der Waals surface area contributed by atoms with Crippen LogP contribution in [-0.4, -0.2) is 23.6 Å². The molecule has 96 valence electrons. The fraction of sp³-hybridized carbons (Fsp3) is 0.769. The Hall–Kier alpha value is -0.450. The quantitative estimate of drug-likeness (QED) is 0.897. The lowest BCUT2D eigenvalue weighted by Crippen LogP contribution is -2.37. The van der Waals surface area contributed by atoms with Crippen molar-refractivity contribution in [3.63, 3.8) is 0 Å². The van der Waals surface area contributed by atoms with Crippen molar-refractivity contribution in [3.05, 3.63) is 16.1 Å². The highest BCUT2D eigenvalue weighted by atomic mass is 32.1. The van der Waals surface area contributed by atoms with Crippen molar-refractivity contribution >= 4 is 11.5 Å². The van der Waals surface area contributed by atoms with E-state index in [1.807, 2.05) is 0 Å². The highest BCUT2D eigenvalue weighted by Crippen LogP contribution is 2.20. The molecule has 0 aliphatic carbocycles. The first-order chi connectivity index (χ1) is 8.18. The Labute approximate surface area is 108 Å². The summed E-state index contributed by atoms with van der Waals surface area (Å²) in [5.41, 5.74) is 2.55. The molecule has 2 heterocycles. The molecule has 4 heteroatoms. The van der Waals surface area contributed by atoms with Crippen LogP contribution in [0.2, 0.25) is 0 Å². The lowest BCUT2D eigenvalue weighted by atomic mass is 9.95. The highest BCUT2D eigenvalue weighted by molar-refractivity contribution is 7.05. The summed E-state index contributed by atoms with van der Waals surface area (Å²) in [6.07, 6.45) is 2.49. The van der Waals surface area contributed by atoms with Crippen molar-refractivity contribution in [2.75, 3.05) is 13.2 Å². The molecule has 0 aromatic carbocycles. The predicted molar refractivity (Wildman–Crippen MR) is 71.4 cm³/mol. The molecule has 2 rings (SSSR count). The second kappa shape index (κ2) is 5.94. The van der Waals surface area contributed by atoms with Gasteiger partial charge in [0.1, 0.15) is 0 Å². The smallest absolute Gasteiger partial charge is 0.0558 e. The average Bonchev–Trinajstić information content (AvgIpc) is 2.67. The maximum absolute atomic E-state index is 5.54. The molecule has 0 bridgehead atoms. The zero-order valence-corrected chi connectivity index (χ0v) is 11.8. The van der Waals surface area contributed by atoms with Crippen LogP contribution in [0.25, 0.3) is 0 Å². The molecular formula is C13H22N2OS. The van der Waals surface area contributed by atoms with Crippen LogP contribution in [0.3, 0.4) is 0 Å². The monoisotopic (exact) mass is 254 g/mol. The number of hydrogen-bond acceptors (Lipinski definition) is 4. The van der Waals surface area contributed by atoms with E-state index in [2.05, 4.69) is 30.5 Å². The predicted octanol–water partition coefficient (Wildman–Crippen LogP) is 2.66. The van der Waals surface area contributed by atoms with E-state index in [4.69, 9.17) is 4.74 Å². The van der Waals surface area contributed by atoms with Gasteiger partial charge < -0.3 is 10.1 Å². The average molecular weight is 254 g/mol. The minimum atomic E-state index is 0.522. The first-order valence-corrected chi connectivity index (χ1v) is 7.18. The summed E-state index contributed by atoms with van der Waals surface area (Å²) in [6.45, 7) is 9.30. The molecule has 2 atom stereocenters. The van der Waals surface area contributed by atoms with Crippen LogP contribution < -0.4 is 5.32 Å². The van der Waals surface area contributed by atoms with Crippen LogP contribution in [0.4, 0.5) is 0 Å². The zero-order chi connectivity index (χ0) is 12.3. The summed E-state index contributed by atoms with van der Waals surface area (Å²) < 4.78 is 9.92. The van der Waals surface area contributed by atoms with Gasteiger partial charge in [0.2, 0.25) is 0 Å². The fourth-order valence-corrected chi connectivity index (χ4v) is 3.06. The molecule has 0 saturated carbocycles. The highest BCUT2D eigenvalue weighted by Gasteiger charge is 2.20. The lowest BCUT2D eigenvalue weighted by molar-refractivity contribution is 0.0417. The Balaban J connectivity index is 1.85. The SMILES string of the molecule is Cc1nsc(C)c1CNC(C)C1CCCOC1. The molecule has 2 unspecified atom stereocenters. The van der Waals surface area contributed by atoms with Crippen LogP contribution >= 0.6 is 11.5 Å². The first-order valence-electron chi connectivity index (χ1n) is 6.41. The molecule has 1 fully saturated rings. The van der Waals surface area contributed by atoms with Gasteiger partial charge in [0.15, 0.2) is 0 Å². The summed E-state index contributed by atoms with van der Waals surface area (Å²) in [6, 6.07) is 0.522. The van der Waals surface area contributed by atoms with Crippen molar-refractivity contribution in [3.8, 4) is 0 Å². The standard InChI is InChI=1S/C13H22N2OS/c1-9(12-5-4-6-16-8-12)14-7-13-10(2)15-17-11(13)3/h9,12,14H,4-8H2,1-3H3. The Morgan fingerprint density at radius 2 is 2.35 bits per heavy atom. The number of rotatable bonds is 4. The van der Waals surface area contributed by atoms with Gasteiger partial charge in [-0.2, -0.15) is 4.37 Å². The molecule has 17 heavy (non-hydrogen) atoms. The van der Waals surface area contributed by atoms with Crippen molar-refractivity contribution in [2.45, 2.75) is 46.2 Å². The summed E-state index contributed by atoms with van der Waals surface area (Å²) in [7, 11) is 0. The van der Waals surface area contributed by atoms with Crippen LogP contribution in [-0.2, 0) is 11.3 Å². The van der Waals surface area contributed by atoms with Gasteiger partial charge in [0.05, 0.1) is 12.3 Å². The van der Waals surface area contributed by atoms with Crippen molar-refractivity contribution in [2.24, 2.45) is 5.92 Å². The van der Waals surface area contributed by atoms with E-state index in [-0.39, 0.29) is 0 Å². The third-order valence-corrected chi connectivity index (χ3v) is 4.57. The van der Waals surface area contributed by atoms with Crippen LogP contribution in [0.15, 0.2) is 0 Å². The molecule has 1 aliphatic heterocycles. The number of aryl methyl sites for hydroxylation is 2. The van der Waals surface area contributed by atoms with Crippen LogP contribution in [0.5, 0.6) is 0 Å². The fourth-order valence-electron chi connectivity index (χ4n) is 2.34. The Bertz CT molecular complexity index is 339. The number of nitrogens with zero attached hydrogens (tertiary/aromatic N) is 1. The second-order valence-corrected chi connectivity index (χ2v) is 5.93. The Morgan fingerprint density at radius 1 is 1.53 bits per heavy atom. The van der Waals surface area contributed by atoms with E-state index >= 15 is 0 Å². The molecular weight excluding hydrogens is 232 g/mol. The van der Waals surface area contributed by atoms with E-state index in [1.54, 1.807) is 11.5 Å². The van der Waals surface area contributed by atoms with E-state index in [0.29, 0.717) is 12.0 Å². The van der Waals surface area contributed by atoms with Gasteiger partial charge in [-0.05, 0) is 51.1 Å². The van der Waals surface area contributed by atoms with Gasteiger partial charge in [0.25, 0.3) is 0 Å². The van der Waals surface area contributed by atoms with E-state index < -0.39 is 0 Å². The van der Waals surface area contributed by atoms with Crippen molar-refractivity contribution in [1.29, 1.82) is 0 Å². The van der Waals surface area contributed by atoms with E-state index in [1.165, 1.54) is 29.0 Å². The second-order valence-electron chi connectivity index (χ2n) is 4.95. The van der Waals surface area contributed by atoms with Crippen LogP contribution in [0, 0.1) is 19.8 Å². The Morgan fingerprint density at radius 3 is 2.94 bits per heavy atom. The van der Waals surface area contributed by atoms with Gasteiger partial charge in [0, 0.05) is 29.6 Å². The molecule has 0 spiro atoms. The Kier molecular flexibility index (Phi) is 4.54. The molecule has 1 aliphatic rings. The summed E-state index contributed by atoms with van der Waals surface area (Å²) >= 11 is 1.60. The third kappa shape index (κ3) is 3.27. The van der Waals surface area contributed by atoms with Gasteiger partial charge in [-0.3, -0.25) is 0 Å². The van der Waals surface area contributed by atoms with Gasteiger partial charge in [-0.25, -0.2) is 0 Å². The third-order valence-electron chi connectivity index (χ3n) is 3.68. The number of hydrogen-bond donors (Lipinski definition) is 1. The van der Waals surface area contributed by atoms with E-state index in [0.717, 1.165) is 19.8 Å². The summed E-state index contributed by atoms with van der Waals surface area (Å²) in [5, 5.41) is 3.62. The maximum atomic E-state index is 5.54. The first kappa shape index (κ1) is 13.0. The van der Waals surface area contributed by atoms with E-state index in [9.17, 15) is 0 Å². The van der Waals surface area contributed by atoms with Crippen LogP contribution in [0.1, 0.15) is 35.9 Å². The van der Waals surface area contributed by atoms with Gasteiger partial charge in [-0.1, -0.05) is 0 Å². The van der Waals surface area contributed by atoms with Gasteiger partial charge >= 0.3 is 0 Å². The largest absolute Gasteiger partial charge is 0.381 e. The minimum Gasteiger partial charge on any atom is -0.381 e. The molecule has 1 aromatic rings. The number of ether oxygens (including phenoxy) is 1. The zero-order valence-electron chi connectivity index (χ0n) is 11.0. The summed E-state index contributed by atoms with van der Waals surface area (Å²) in [5.74, 6) is 0.663. The number of aromatic nitrogens is 1. The van der Waals surface area contributed by atoms with Gasteiger partial charge in [-0.15, -0.1) is 0 Å². The molecule has 1 saturated heterocycles. The number of nitrogens with one attached hydrogen (secondary N) is 1. The van der Waals surface area contributed by atoms with Crippen molar-refractivity contribution < 1.29 is 4.74 Å². The summed E-state index contributed by atoms with van der Waals surface area (Å²) in [4.78, 5) is 1.34. The molecule has 0 amide bonds. The molecule has 1 N–H and O–H groups in total. The minimum absolute atomic E-state index is 0.522. The molecule has 3 nitrogen and oxygen atoms in total. The topological polar surface area (TPSA) is 34.2 Å². The molecule has 1 aromatic heterocycles. The normalized spacial score (nSPS) is 22.6. The van der Waals surface area contributed by atoms with Crippen molar-refractivity contribution in [1.82, 2.24) is 9.69 Å². The maximum Gasteiger partial charge on any atom is 0.0558 e. The lowest BCUT2D eigenvalue weighted by Gasteiger charge is -2.28. The molecule has 0 radical (unpaired) electrons.